The summed E-state index contributed by atoms with van der Waals surface area (Å²) in [6, 6.07) is 27.8. The first-order chi connectivity index (χ1) is 29.7. The Morgan fingerprint density at radius 2 is 1.74 bits per heavy atom. The van der Waals surface area contributed by atoms with Crippen molar-refractivity contribution in [2.45, 2.75) is 64.9 Å². The SMILES string of the molecule is COc1cccc(CN(C(=O)c2cc(-c3cc(Cl)ccc3C(=O)N3Cc4ccccc4C[C@H]3CN3CCOCC3)n(C)c2C)c2ccc3c(cnn3C3CCCCO3)c2)c1C. The highest BCUT2D eigenvalue weighted by molar-refractivity contribution is 6.31. The summed E-state index contributed by atoms with van der Waals surface area (Å²) < 4.78 is 21.4. The van der Waals surface area contributed by atoms with Crippen LogP contribution in [-0.4, -0.2) is 88.6 Å². The van der Waals surface area contributed by atoms with Gasteiger partial charge in [-0.05, 0) is 110 Å². The minimum Gasteiger partial charge on any atom is -0.496 e. The van der Waals surface area contributed by atoms with E-state index in [1.54, 1.807) is 13.2 Å². The van der Waals surface area contributed by atoms with Crippen molar-refractivity contribution in [1.82, 2.24) is 24.1 Å². The summed E-state index contributed by atoms with van der Waals surface area (Å²) in [7, 11) is 3.61. The average molecular weight is 841 g/mol. The zero-order chi connectivity index (χ0) is 42.2. The Balaban J connectivity index is 1.09. The predicted molar refractivity (Wildman–Crippen MR) is 238 cm³/mol. The van der Waals surface area contributed by atoms with Crippen LogP contribution in [0.1, 0.15) is 74.2 Å². The Morgan fingerprint density at radius 3 is 2.52 bits per heavy atom. The second-order valence-electron chi connectivity index (χ2n) is 16.5. The van der Waals surface area contributed by atoms with Crippen LogP contribution in [0.15, 0.2) is 91.1 Å². The van der Waals surface area contributed by atoms with Gasteiger partial charge in [0.15, 0.2) is 6.23 Å². The maximum absolute atomic E-state index is 15.2. The van der Waals surface area contributed by atoms with Gasteiger partial charge in [0.1, 0.15) is 5.75 Å². The summed E-state index contributed by atoms with van der Waals surface area (Å²) in [5.74, 6) is 0.528. The molecular formula is C49H53ClN6O5. The third-order valence-corrected chi connectivity index (χ3v) is 13.2. The summed E-state index contributed by atoms with van der Waals surface area (Å²) in [6.45, 7) is 9.34. The molecule has 2 atom stereocenters. The number of rotatable bonds is 10. The third kappa shape index (κ3) is 8.08. The number of aromatic nitrogens is 3. The molecule has 11 nitrogen and oxygen atoms in total. The van der Waals surface area contributed by atoms with Crippen LogP contribution < -0.4 is 9.64 Å². The molecule has 9 rings (SSSR count). The smallest absolute Gasteiger partial charge is 0.260 e. The number of morpholine rings is 1. The van der Waals surface area contributed by atoms with Gasteiger partial charge in [-0.1, -0.05) is 48.0 Å². The van der Waals surface area contributed by atoms with Gasteiger partial charge in [-0.15, -0.1) is 0 Å². The lowest BCUT2D eigenvalue weighted by Gasteiger charge is -2.40. The van der Waals surface area contributed by atoms with Crippen molar-refractivity contribution in [3.63, 3.8) is 0 Å². The zero-order valence-electron chi connectivity index (χ0n) is 35.4. The summed E-state index contributed by atoms with van der Waals surface area (Å²) in [5, 5.41) is 6.17. The fraction of sp³-hybridized carbons (Fsp3) is 0.367. The van der Waals surface area contributed by atoms with Gasteiger partial charge in [0.05, 0.1) is 44.1 Å². The van der Waals surface area contributed by atoms with Gasteiger partial charge in [-0.3, -0.25) is 14.5 Å². The lowest BCUT2D eigenvalue weighted by molar-refractivity contribution is -0.0366. The summed E-state index contributed by atoms with van der Waals surface area (Å²) in [4.78, 5) is 36.5. The predicted octanol–water partition coefficient (Wildman–Crippen LogP) is 8.77. The Morgan fingerprint density at radius 1 is 0.918 bits per heavy atom. The number of anilines is 1. The Bertz CT molecular complexity index is 2590. The van der Waals surface area contributed by atoms with E-state index in [4.69, 9.17) is 30.9 Å². The topological polar surface area (TPSA) is 94.3 Å². The molecule has 2 aromatic heterocycles. The molecule has 3 aliphatic heterocycles. The lowest BCUT2D eigenvalue weighted by atomic mass is 9.92. The highest BCUT2D eigenvalue weighted by Crippen LogP contribution is 2.36. The number of amides is 2. The van der Waals surface area contributed by atoms with Gasteiger partial charge >= 0.3 is 0 Å². The number of carbonyl (C=O) groups is 2. The number of hydrogen-bond acceptors (Lipinski definition) is 7. The van der Waals surface area contributed by atoms with E-state index in [0.717, 1.165) is 102 Å². The fourth-order valence-corrected chi connectivity index (χ4v) is 9.49. The van der Waals surface area contributed by atoms with Crippen molar-refractivity contribution < 1.29 is 23.8 Å². The van der Waals surface area contributed by atoms with E-state index in [2.05, 4.69) is 23.1 Å². The normalized spacial score (nSPS) is 18.3. The van der Waals surface area contributed by atoms with Crippen LogP contribution in [0.2, 0.25) is 5.02 Å². The van der Waals surface area contributed by atoms with Crippen LogP contribution in [0.4, 0.5) is 5.69 Å². The number of fused-ring (bicyclic) bond motifs is 2. The molecule has 1 unspecified atom stereocenters. The first-order valence-electron chi connectivity index (χ1n) is 21.4. The van der Waals surface area contributed by atoms with Gasteiger partial charge < -0.3 is 28.6 Å². The number of halogens is 1. The molecule has 3 aliphatic rings. The van der Waals surface area contributed by atoms with E-state index in [1.807, 2.05) is 107 Å². The van der Waals surface area contributed by atoms with Crippen LogP contribution in [0.25, 0.3) is 22.2 Å². The van der Waals surface area contributed by atoms with E-state index >= 15 is 9.59 Å². The molecule has 6 aromatic rings. The highest BCUT2D eigenvalue weighted by atomic mass is 35.5. The standard InChI is InChI=1S/C49H53ClN6O5/c1-32-35(12-9-13-46(32)59-4)29-54(39-16-18-44-37(25-39)28-51-56(44)47-14-7-8-21-61-47)49(58)42-27-45(52(3)33(42)2)43-26-38(50)15-17-41(43)48(57)55-30-36-11-6-5-10-34(36)24-40(55)31-53-19-22-60-23-20-53/h5-6,9-13,15-18,25-28,40,47H,7-8,14,19-24,29-31H2,1-4H3/t40-,47?/m0/s1. The maximum atomic E-state index is 15.2. The van der Waals surface area contributed by atoms with Crippen LogP contribution in [-0.2, 0) is 36.0 Å². The quantitative estimate of drug-likeness (QED) is 0.136. The first-order valence-corrected chi connectivity index (χ1v) is 21.7. The average Bonchev–Trinajstić information content (AvgIpc) is 3.85. The van der Waals surface area contributed by atoms with E-state index in [-0.39, 0.29) is 24.1 Å². The highest BCUT2D eigenvalue weighted by Gasteiger charge is 2.34. The van der Waals surface area contributed by atoms with Crippen molar-refractivity contribution in [2.24, 2.45) is 7.05 Å². The van der Waals surface area contributed by atoms with Crippen LogP contribution in [0.3, 0.4) is 0 Å². The monoisotopic (exact) mass is 840 g/mol. The third-order valence-electron chi connectivity index (χ3n) is 13.0. The number of carbonyl (C=O) groups excluding carboxylic acids is 2. The molecule has 0 bridgehead atoms. The first kappa shape index (κ1) is 40.9. The fourth-order valence-electron chi connectivity index (χ4n) is 9.32. The molecule has 0 aliphatic carbocycles. The van der Waals surface area contributed by atoms with Crippen molar-refractivity contribution in [3.05, 3.63) is 135 Å². The van der Waals surface area contributed by atoms with Gasteiger partial charge in [0.25, 0.3) is 11.8 Å². The molecule has 5 heterocycles. The Kier molecular flexibility index (Phi) is 11.7. The maximum Gasteiger partial charge on any atom is 0.260 e. The number of benzene rings is 4. The van der Waals surface area contributed by atoms with Crippen LogP contribution in [0, 0.1) is 13.8 Å². The van der Waals surface area contributed by atoms with Gasteiger partial charge in [-0.25, -0.2) is 4.68 Å². The van der Waals surface area contributed by atoms with Crippen LogP contribution in [0.5, 0.6) is 5.75 Å². The van der Waals surface area contributed by atoms with E-state index in [9.17, 15) is 0 Å². The number of ether oxygens (including phenoxy) is 3. The second kappa shape index (κ2) is 17.5. The summed E-state index contributed by atoms with van der Waals surface area (Å²) in [6.07, 6.45) is 5.58. The molecule has 0 saturated carbocycles. The number of nitrogens with zero attached hydrogens (tertiary/aromatic N) is 6. The van der Waals surface area contributed by atoms with Gasteiger partial charge in [0, 0.05) is 84.5 Å². The Labute approximate surface area is 362 Å². The summed E-state index contributed by atoms with van der Waals surface area (Å²) in [5.41, 5.74) is 9.32. The molecule has 61 heavy (non-hydrogen) atoms. The molecule has 0 N–H and O–H groups in total. The van der Waals surface area contributed by atoms with E-state index < -0.39 is 0 Å². The molecule has 4 aromatic carbocycles. The van der Waals surface area contributed by atoms with Crippen LogP contribution >= 0.6 is 11.6 Å². The molecule has 2 amide bonds. The molecular weight excluding hydrogens is 788 g/mol. The number of methoxy groups -OCH3 is 1. The molecule has 0 radical (unpaired) electrons. The largest absolute Gasteiger partial charge is 0.496 e. The molecule has 12 heteroatoms. The Hall–Kier alpha value is -5.46. The minimum absolute atomic E-state index is 0.0235. The van der Waals surface area contributed by atoms with Crippen molar-refractivity contribution in [2.75, 3.05) is 51.5 Å². The second-order valence-corrected chi connectivity index (χ2v) is 17.0. The molecule has 316 valence electrons. The molecule has 2 fully saturated rings. The van der Waals surface area contributed by atoms with Crippen molar-refractivity contribution in [1.29, 1.82) is 0 Å². The lowest BCUT2D eigenvalue weighted by Crippen LogP contribution is -2.52. The van der Waals surface area contributed by atoms with Gasteiger partial charge in [-0.2, -0.15) is 5.10 Å². The molecule has 0 spiro atoms. The van der Waals surface area contributed by atoms with Gasteiger partial charge in [0.2, 0.25) is 0 Å². The zero-order valence-corrected chi connectivity index (χ0v) is 36.2. The van der Waals surface area contributed by atoms with E-state index in [0.29, 0.717) is 48.0 Å². The molecule has 2 saturated heterocycles. The van der Waals surface area contributed by atoms with Crippen molar-refractivity contribution in [3.8, 4) is 17.0 Å². The minimum atomic E-state index is -0.169. The number of hydrogen-bond donors (Lipinski definition) is 0. The van der Waals surface area contributed by atoms with Crippen molar-refractivity contribution >= 4 is 40.0 Å². The summed E-state index contributed by atoms with van der Waals surface area (Å²) >= 11 is 6.75. The van der Waals surface area contributed by atoms with E-state index in [1.165, 1.54) is 5.56 Å².